The second-order valence-corrected chi connectivity index (χ2v) is 7.04. The number of hydrogen-bond donors (Lipinski definition) is 2. The molecule has 1 saturated carbocycles. The van der Waals surface area contributed by atoms with Crippen molar-refractivity contribution < 1.29 is 19.1 Å². The Labute approximate surface area is 157 Å². The molecule has 0 unspecified atom stereocenters. The van der Waals surface area contributed by atoms with Gasteiger partial charge < -0.3 is 20.3 Å². The Balaban J connectivity index is 1.85. The fraction of sp³-hybridized carbons (Fsp3) is 0.500. The lowest BCUT2D eigenvalue weighted by Gasteiger charge is -2.47. The first-order valence-electron chi connectivity index (χ1n) is 8.71. The number of anilines is 1. The van der Waals surface area contributed by atoms with E-state index in [1.165, 1.54) is 12.0 Å². The van der Waals surface area contributed by atoms with Gasteiger partial charge in [-0.1, -0.05) is 24.4 Å². The number of ether oxygens (including phenoxy) is 1. The van der Waals surface area contributed by atoms with E-state index in [2.05, 4.69) is 10.6 Å². The number of amides is 3. The number of hydrogen-bond acceptors (Lipinski definition) is 4. The number of rotatable bonds is 3. The number of carbonyl (C=O) groups excluding carboxylic acids is 3. The second kappa shape index (κ2) is 7.95. The lowest BCUT2D eigenvalue weighted by molar-refractivity contribution is -0.146. The summed E-state index contributed by atoms with van der Waals surface area (Å²) in [5.74, 6) is -0.839. The monoisotopic (exact) mass is 379 g/mol. The van der Waals surface area contributed by atoms with E-state index in [1.807, 2.05) is 0 Å². The summed E-state index contributed by atoms with van der Waals surface area (Å²) in [4.78, 5) is 38.8. The quantitative estimate of drug-likeness (QED) is 0.790. The fourth-order valence-corrected chi connectivity index (χ4v) is 3.82. The molecular weight excluding hydrogens is 358 g/mol. The number of benzene rings is 1. The van der Waals surface area contributed by atoms with Crippen molar-refractivity contribution in [2.45, 2.75) is 50.2 Å². The SMILES string of the molecule is COC(=O)C[C@@H]1C(=O)N[C@H]2CCCC[C@H]2N1C(=O)Nc1ccc(Cl)cc1. The average molecular weight is 380 g/mol. The molecule has 1 saturated heterocycles. The van der Waals surface area contributed by atoms with Crippen LogP contribution < -0.4 is 10.6 Å². The van der Waals surface area contributed by atoms with Gasteiger partial charge in [-0.05, 0) is 37.1 Å². The molecule has 7 nitrogen and oxygen atoms in total. The first-order valence-corrected chi connectivity index (χ1v) is 9.09. The lowest BCUT2D eigenvalue weighted by atomic mass is 9.85. The number of halogens is 1. The van der Waals surface area contributed by atoms with Crippen LogP contribution in [0.25, 0.3) is 0 Å². The summed E-state index contributed by atoms with van der Waals surface area (Å²) in [5, 5.41) is 6.34. The van der Waals surface area contributed by atoms with Crippen LogP contribution in [0.2, 0.25) is 5.02 Å². The molecular formula is C18H22ClN3O4. The molecule has 2 fully saturated rings. The zero-order valence-electron chi connectivity index (χ0n) is 14.5. The predicted octanol–water partition coefficient (Wildman–Crippen LogP) is 2.55. The van der Waals surface area contributed by atoms with E-state index in [4.69, 9.17) is 16.3 Å². The summed E-state index contributed by atoms with van der Waals surface area (Å²) < 4.78 is 4.70. The first-order chi connectivity index (χ1) is 12.5. The van der Waals surface area contributed by atoms with Gasteiger partial charge in [0.05, 0.1) is 19.6 Å². The molecule has 3 rings (SSSR count). The molecule has 1 heterocycles. The Morgan fingerprint density at radius 3 is 2.65 bits per heavy atom. The minimum absolute atomic E-state index is 0.0823. The molecule has 1 aromatic rings. The molecule has 0 spiro atoms. The van der Waals surface area contributed by atoms with Gasteiger partial charge in [0.25, 0.3) is 0 Å². The minimum atomic E-state index is -0.880. The van der Waals surface area contributed by atoms with Gasteiger partial charge in [-0.15, -0.1) is 0 Å². The molecule has 1 aromatic carbocycles. The van der Waals surface area contributed by atoms with Crippen molar-refractivity contribution in [2.24, 2.45) is 0 Å². The summed E-state index contributed by atoms with van der Waals surface area (Å²) >= 11 is 5.88. The second-order valence-electron chi connectivity index (χ2n) is 6.61. The zero-order valence-corrected chi connectivity index (χ0v) is 15.3. The van der Waals surface area contributed by atoms with Gasteiger partial charge in [-0.25, -0.2) is 4.79 Å². The highest BCUT2D eigenvalue weighted by molar-refractivity contribution is 6.30. The zero-order chi connectivity index (χ0) is 18.7. The van der Waals surface area contributed by atoms with Crippen LogP contribution in [0.15, 0.2) is 24.3 Å². The van der Waals surface area contributed by atoms with Gasteiger partial charge in [0.15, 0.2) is 0 Å². The van der Waals surface area contributed by atoms with Crippen LogP contribution in [0.3, 0.4) is 0 Å². The van der Waals surface area contributed by atoms with E-state index >= 15 is 0 Å². The highest BCUT2D eigenvalue weighted by atomic mass is 35.5. The van der Waals surface area contributed by atoms with Crippen LogP contribution in [-0.4, -0.2) is 48.0 Å². The van der Waals surface area contributed by atoms with Crippen molar-refractivity contribution in [1.82, 2.24) is 10.2 Å². The number of nitrogens with zero attached hydrogens (tertiary/aromatic N) is 1. The number of urea groups is 1. The van der Waals surface area contributed by atoms with Crippen LogP contribution in [0.5, 0.6) is 0 Å². The van der Waals surface area contributed by atoms with Crippen LogP contribution in [0, 0.1) is 0 Å². The van der Waals surface area contributed by atoms with Crippen molar-refractivity contribution in [2.75, 3.05) is 12.4 Å². The largest absolute Gasteiger partial charge is 0.469 e. The molecule has 3 atom stereocenters. The number of nitrogens with one attached hydrogen (secondary N) is 2. The molecule has 3 amide bonds. The molecule has 8 heteroatoms. The van der Waals surface area contributed by atoms with E-state index in [0.717, 1.165) is 25.7 Å². The molecule has 1 aliphatic carbocycles. The van der Waals surface area contributed by atoms with E-state index in [1.54, 1.807) is 24.3 Å². The molecule has 2 aliphatic rings. The molecule has 2 N–H and O–H groups in total. The molecule has 0 aromatic heterocycles. The Morgan fingerprint density at radius 2 is 1.96 bits per heavy atom. The highest BCUT2D eigenvalue weighted by Crippen LogP contribution is 2.30. The molecule has 140 valence electrons. The third kappa shape index (κ3) is 3.93. The lowest BCUT2D eigenvalue weighted by Crippen LogP contribution is -2.68. The normalized spacial score (nSPS) is 25.1. The molecule has 26 heavy (non-hydrogen) atoms. The van der Waals surface area contributed by atoms with E-state index < -0.39 is 18.0 Å². The molecule has 1 aliphatic heterocycles. The smallest absolute Gasteiger partial charge is 0.322 e. The minimum Gasteiger partial charge on any atom is -0.469 e. The maximum atomic E-state index is 13.0. The van der Waals surface area contributed by atoms with Gasteiger partial charge in [-0.3, -0.25) is 9.59 Å². The number of fused-ring (bicyclic) bond motifs is 1. The van der Waals surface area contributed by atoms with E-state index in [-0.39, 0.29) is 24.4 Å². The third-order valence-electron chi connectivity index (χ3n) is 4.97. The van der Waals surface area contributed by atoms with Crippen LogP contribution in [-0.2, 0) is 14.3 Å². The van der Waals surface area contributed by atoms with E-state index in [0.29, 0.717) is 10.7 Å². The number of carbonyl (C=O) groups is 3. The van der Waals surface area contributed by atoms with Crippen molar-refractivity contribution in [1.29, 1.82) is 0 Å². The maximum Gasteiger partial charge on any atom is 0.322 e. The van der Waals surface area contributed by atoms with Crippen LogP contribution >= 0.6 is 11.6 Å². The Bertz CT molecular complexity index is 694. The van der Waals surface area contributed by atoms with Gasteiger partial charge in [0, 0.05) is 16.8 Å². The Morgan fingerprint density at radius 1 is 1.27 bits per heavy atom. The molecule has 0 bridgehead atoms. The van der Waals surface area contributed by atoms with Crippen molar-refractivity contribution in [3.8, 4) is 0 Å². The predicted molar refractivity (Wildman–Crippen MR) is 96.9 cm³/mol. The van der Waals surface area contributed by atoms with Gasteiger partial charge in [0.2, 0.25) is 5.91 Å². The Hall–Kier alpha value is -2.28. The van der Waals surface area contributed by atoms with Crippen molar-refractivity contribution >= 4 is 35.2 Å². The third-order valence-corrected chi connectivity index (χ3v) is 5.22. The van der Waals surface area contributed by atoms with Gasteiger partial charge in [-0.2, -0.15) is 0 Å². The summed E-state index contributed by atoms with van der Waals surface area (Å²) in [7, 11) is 1.27. The fourth-order valence-electron chi connectivity index (χ4n) is 3.69. The summed E-state index contributed by atoms with van der Waals surface area (Å²) in [6.45, 7) is 0. The van der Waals surface area contributed by atoms with Gasteiger partial charge >= 0.3 is 12.0 Å². The topological polar surface area (TPSA) is 87.7 Å². The Kier molecular flexibility index (Phi) is 5.66. The van der Waals surface area contributed by atoms with Crippen LogP contribution in [0.1, 0.15) is 32.1 Å². The van der Waals surface area contributed by atoms with Gasteiger partial charge in [0.1, 0.15) is 6.04 Å². The summed E-state index contributed by atoms with van der Waals surface area (Å²) in [6, 6.07) is 5.24. The van der Waals surface area contributed by atoms with Crippen LogP contribution in [0.4, 0.5) is 10.5 Å². The molecule has 0 radical (unpaired) electrons. The number of piperazine rings is 1. The average Bonchev–Trinajstić information content (AvgIpc) is 2.63. The first kappa shape index (κ1) is 18.5. The van der Waals surface area contributed by atoms with Crippen molar-refractivity contribution in [3.63, 3.8) is 0 Å². The van der Waals surface area contributed by atoms with E-state index in [9.17, 15) is 14.4 Å². The summed E-state index contributed by atoms with van der Waals surface area (Å²) in [5.41, 5.74) is 0.578. The number of methoxy groups -OCH3 is 1. The maximum absolute atomic E-state index is 13.0. The standard InChI is InChI=1S/C18H22ClN3O4/c1-26-16(23)10-15-17(24)21-13-4-2-3-5-14(13)22(15)18(25)20-12-8-6-11(19)7-9-12/h6-9,13-15H,2-5,10H2,1H3,(H,20,25)(H,21,24)/t13-,14+,15+/m0/s1. The highest BCUT2D eigenvalue weighted by Gasteiger charge is 2.46. The van der Waals surface area contributed by atoms with Crippen molar-refractivity contribution in [3.05, 3.63) is 29.3 Å². The number of esters is 1. The summed E-state index contributed by atoms with van der Waals surface area (Å²) in [6.07, 6.45) is 3.44.